The maximum atomic E-state index is 12.5. The second-order valence-electron chi connectivity index (χ2n) is 7.95. The number of furan rings is 1. The van der Waals surface area contributed by atoms with Crippen LogP contribution in [0.3, 0.4) is 0 Å². The van der Waals surface area contributed by atoms with E-state index in [-0.39, 0.29) is 18.5 Å². The Labute approximate surface area is 192 Å². The van der Waals surface area contributed by atoms with Crippen molar-refractivity contribution in [3.8, 4) is 0 Å². The Morgan fingerprint density at radius 1 is 0.939 bits per heavy atom. The van der Waals surface area contributed by atoms with Crippen molar-refractivity contribution in [3.63, 3.8) is 0 Å². The van der Waals surface area contributed by atoms with Crippen molar-refractivity contribution in [1.82, 2.24) is 10.2 Å². The molecule has 8 heteroatoms. The van der Waals surface area contributed by atoms with Crippen molar-refractivity contribution in [2.75, 3.05) is 23.7 Å². The van der Waals surface area contributed by atoms with E-state index in [0.29, 0.717) is 11.4 Å². The van der Waals surface area contributed by atoms with Crippen LogP contribution in [-0.2, 0) is 27.3 Å². The van der Waals surface area contributed by atoms with Gasteiger partial charge in [0.1, 0.15) is 5.76 Å². The van der Waals surface area contributed by atoms with Gasteiger partial charge in [-0.3, -0.25) is 19.3 Å². The van der Waals surface area contributed by atoms with Gasteiger partial charge < -0.3 is 20.4 Å². The third-order valence-electron chi connectivity index (χ3n) is 5.58. The topological polar surface area (TPSA) is 104 Å². The molecule has 1 aromatic heterocycles. The third-order valence-corrected chi connectivity index (χ3v) is 5.58. The Hall–Kier alpha value is -3.91. The molecule has 0 aliphatic carbocycles. The minimum absolute atomic E-state index is 0.201. The number of benzene rings is 2. The molecule has 2 heterocycles. The Morgan fingerprint density at radius 2 is 1.70 bits per heavy atom. The van der Waals surface area contributed by atoms with E-state index in [1.54, 1.807) is 30.5 Å². The summed E-state index contributed by atoms with van der Waals surface area (Å²) in [7, 11) is 0. The lowest BCUT2D eigenvalue weighted by atomic mass is 9.98. The monoisotopic (exact) mass is 446 g/mol. The highest BCUT2D eigenvalue weighted by Crippen LogP contribution is 2.28. The first kappa shape index (κ1) is 22.3. The molecule has 0 saturated carbocycles. The summed E-state index contributed by atoms with van der Waals surface area (Å²) < 4.78 is 5.64. The molecule has 8 nitrogen and oxygen atoms in total. The minimum Gasteiger partial charge on any atom is -0.468 e. The largest absolute Gasteiger partial charge is 0.468 e. The van der Waals surface area contributed by atoms with Gasteiger partial charge in [-0.1, -0.05) is 30.3 Å². The molecule has 33 heavy (non-hydrogen) atoms. The molecule has 2 aromatic carbocycles. The van der Waals surface area contributed by atoms with E-state index in [4.69, 9.17) is 4.42 Å². The zero-order valence-electron chi connectivity index (χ0n) is 18.3. The van der Waals surface area contributed by atoms with E-state index in [0.717, 1.165) is 25.3 Å². The van der Waals surface area contributed by atoms with Crippen molar-refractivity contribution in [2.24, 2.45) is 0 Å². The van der Waals surface area contributed by atoms with Crippen LogP contribution in [0.15, 0.2) is 71.3 Å². The SMILES string of the molecule is CC(=O)Nc1cccc(NC(=O)C(=O)NC[C@H](c2ccco2)N2CCc3ccccc3C2)c1. The van der Waals surface area contributed by atoms with E-state index in [9.17, 15) is 14.4 Å². The number of hydrogen-bond acceptors (Lipinski definition) is 5. The molecule has 0 radical (unpaired) electrons. The molecule has 0 spiro atoms. The summed E-state index contributed by atoms with van der Waals surface area (Å²) in [6.07, 6.45) is 2.52. The fourth-order valence-corrected chi connectivity index (χ4v) is 4.01. The summed E-state index contributed by atoms with van der Waals surface area (Å²) in [5.74, 6) is -1.01. The predicted octanol–water partition coefficient (Wildman–Crippen LogP) is 3.09. The third kappa shape index (κ3) is 5.67. The number of rotatable bonds is 6. The van der Waals surface area contributed by atoms with Gasteiger partial charge in [-0.05, 0) is 47.9 Å². The number of nitrogens with zero attached hydrogens (tertiary/aromatic N) is 1. The molecular weight excluding hydrogens is 420 g/mol. The summed E-state index contributed by atoms with van der Waals surface area (Å²) in [6, 6.07) is 18.4. The first-order valence-electron chi connectivity index (χ1n) is 10.8. The van der Waals surface area contributed by atoms with E-state index in [1.165, 1.54) is 18.1 Å². The van der Waals surface area contributed by atoms with Crippen molar-refractivity contribution in [2.45, 2.75) is 25.9 Å². The number of hydrogen-bond donors (Lipinski definition) is 3. The maximum Gasteiger partial charge on any atom is 0.313 e. The second-order valence-corrected chi connectivity index (χ2v) is 7.95. The van der Waals surface area contributed by atoms with Gasteiger partial charge in [-0.25, -0.2) is 0 Å². The summed E-state index contributed by atoms with van der Waals surface area (Å²) in [4.78, 5) is 38.4. The molecule has 3 amide bonds. The van der Waals surface area contributed by atoms with Gasteiger partial charge in [0.2, 0.25) is 5.91 Å². The molecule has 3 aromatic rings. The van der Waals surface area contributed by atoms with Gasteiger partial charge in [-0.15, -0.1) is 0 Å². The number of carbonyl (C=O) groups excluding carboxylic acids is 3. The quantitative estimate of drug-likeness (QED) is 0.505. The lowest BCUT2D eigenvalue weighted by Gasteiger charge is -2.34. The molecule has 0 saturated heterocycles. The van der Waals surface area contributed by atoms with Crippen molar-refractivity contribution in [1.29, 1.82) is 0 Å². The molecule has 0 bridgehead atoms. The van der Waals surface area contributed by atoms with E-state index >= 15 is 0 Å². The van der Waals surface area contributed by atoms with Crippen LogP contribution in [0.25, 0.3) is 0 Å². The average molecular weight is 447 g/mol. The Bertz CT molecular complexity index is 1140. The lowest BCUT2D eigenvalue weighted by molar-refractivity contribution is -0.136. The van der Waals surface area contributed by atoms with Gasteiger partial charge in [0.25, 0.3) is 0 Å². The van der Waals surface area contributed by atoms with Crippen LogP contribution in [0, 0.1) is 0 Å². The van der Waals surface area contributed by atoms with Crippen LogP contribution in [0.1, 0.15) is 29.9 Å². The summed E-state index contributed by atoms with van der Waals surface area (Å²) in [5.41, 5.74) is 3.53. The van der Waals surface area contributed by atoms with Crippen molar-refractivity contribution < 1.29 is 18.8 Å². The number of fused-ring (bicyclic) bond motifs is 1. The standard InChI is InChI=1S/C25H26N4O4/c1-17(30)27-20-8-4-9-21(14-20)28-25(32)24(31)26-15-22(23-10-5-13-33-23)29-12-11-18-6-2-3-7-19(18)16-29/h2-10,13-14,22H,11-12,15-16H2,1H3,(H,26,31)(H,27,30)(H,28,32)/t22-/m1/s1. The highest BCUT2D eigenvalue weighted by Gasteiger charge is 2.28. The number of amides is 3. The molecule has 4 rings (SSSR count). The second kappa shape index (κ2) is 10.1. The molecule has 1 atom stereocenters. The number of carbonyl (C=O) groups is 3. The summed E-state index contributed by atoms with van der Waals surface area (Å²) >= 11 is 0. The molecular formula is C25H26N4O4. The Balaban J connectivity index is 1.39. The van der Waals surface area contributed by atoms with Gasteiger partial charge in [0.05, 0.1) is 12.3 Å². The molecule has 3 N–H and O–H groups in total. The van der Waals surface area contributed by atoms with Gasteiger partial charge >= 0.3 is 11.8 Å². The molecule has 0 fully saturated rings. The van der Waals surface area contributed by atoms with Gasteiger partial charge in [0, 0.05) is 37.9 Å². The number of anilines is 2. The predicted molar refractivity (Wildman–Crippen MR) is 124 cm³/mol. The van der Waals surface area contributed by atoms with Crippen LogP contribution in [0.2, 0.25) is 0 Å². The molecule has 1 aliphatic rings. The lowest BCUT2D eigenvalue weighted by Crippen LogP contribution is -2.43. The maximum absolute atomic E-state index is 12.5. The van der Waals surface area contributed by atoms with Crippen LogP contribution in [0.5, 0.6) is 0 Å². The number of nitrogens with one attached hydrogen (secondary N) is 3. The molecule has 170 valence electrons. The van der Waals surface area contributed by atoms with Crippen LogP contribution >= 0.6 is 0 Å². The van der Waals surface area contributed by atoms with Crippen LogP contribution in [0.4, 0.5) is 11.4 Å². The highest BCUT2D eigenvalue weighted by molar-refractivity contribution is 6.39. The fraction of sp³-hybridized carbons (Fsp3) is 0.240. The van der Waals surface area contributed by atoms with Gasteiger partial charge in [0.15, 0.2) is 0 Å². The Morgan fingerprint density at radius 3 is 2.42 bits per heavy atom. The zero-order chi connectivity index (χ0) is 23.2. The van der Waals surface area contributed by atoms with Crippen molar-refractivity contribution in [3.05, 3.63) is 83.8 Å². The van der Waals surface area contributed by atoms with Crippen LogP contribution in [-0.4, -0.2) is 35.7 Å². The average Bonchev–Trinajstić information content (AvgIpc) is 3.33. The first-order valence-corrected chi connectivity index (χ1v) is 10.8. The molecule has 0 unspecified atom stereocenters. The summed E-state index contributed by atoms with van der Waals surface area (Å²) in [6.45, 7) is 3.18. The fourth-order valence-electron chi connectivity index (χ4n) is 4.01. The zero-order valence-corrected chi connectivity index (χ0v) is 18.3. The minimum atomic E-state index is -0.780. The smallest absolute Gasteiger partial charge is 0.313 e. The van der Waals surface area contributed by atoms with Gasteiger partial charge in [-0.2, -0.15) is 0 Å². The van der Waals surface area contributed by atoms with E-state index in [1.807, 2.05) is 24.3 Å². The van der Waals surface area contributed by atoms with Crippen molar-refractivity contribution >= 4 is 29.1 Å². The highest BCUT2D eigenvalue weighted by atomic mass is 16.3. The summed E-state index contributed by atoms with van der Waals surface area (Å²) in [5, 5.41) is 7.94. The first-order chi connectivity index (χ1) is 16.0. The van der Waals surface area contributed by atoms with E-state index in [2.05, 4.69) is 33.0 Å². The van der Waals surface area contributed by atoms with E-state index < -0.39 is 11.8 Å². The normalized spacial score (nSPS) is 14.1. The van der Waals surface area contributed by atoms with Crippen LogP contribution < -0.4 is 16.0 Å². The molecule has 1 aliphatic heterocycles. The Kier molecular flexibility index (Phi) is 6.85.